The number of Topliss-reactive ketones (excluding diaryl/α,β-unsaturated/α-hetero) is 1. The minimum atomic E-state index is -0.745. The van der Waals surface area contributed by atoms with Crippen LogP contribution in [0.4, 0.5) is 10.1 Å². The third-order valence-electron chi connectivity index (χ3n) is 5.19. The lowest BCUT2D eigenvalue weighted by molar-refractivity contribution is -0.114. The molecule has 0 fully saturated rings. The van der Waals surface area contributed by atoms with Gasteiger partial charge < -0.3 is 5.32 Å². The van der Waals surface area contributed by atoms with Gasteiger partial charge in [-0.15, -0.1) is 11.3 Å². The van der Waals surface area contributed by atoms with Gasteiger partial charge in [0.25, 0.3) is 5.56 Å². The number of ketones is 1. The highest BCUT2D eigenvalue weighted by molar-refractivity contribution is 7.18. The van der Waals surface area contributed by atoms with E-state index in [1.165, 1.54) is 34.8 Å². The first-order chi connectivity index (χ1) is 13.8. The van der Waals surface area contributed by atoms with Gasteiger partial charge in [0.15, 0.2) is 5.78 Å². The van der Waals surface area contributed by atoms with E-state index in [0.717, 1.165) is 30.9 Å². The predicted molar refractivity (Wildman–Crippen MR) is 110 cm³/mol. The normalized spacial score (nSPS) is 15.9. The van der Waals surface area contributed by atoms with Gasteiger partial charge in [0.2, 0.25) is 5.91 Å². The van der Waals surface area contributed by atoms with Crippen LogP contribution in [0.1, 0.15) is 41.1 Å². The molecule has 150 valence electrons. The van der Waals surface area contributed by atoms with Gasteiger partial charge in [0, 0.05) is 17.5 Å². The molecule has 1 aliphatic carbocycles. The number of hydrogen-bond acceptors (Lipinski definition) is 5. The number of thiophene rings is 1. The summed E-state index contributed by atoms with van der Waals surface area (Å²) in [7, 11) is 0. The highest BCUT2D eigenvalue weighted by Crippen LogP contribution is 2.35. The second-order valence-corrected chi connectivity index (χ2v) is 8.59. The van der Waals surface area contributed by atoms with E-state index in [0.29, 0.717) is 16.1 Å². The van der Waals surface area contributed by atoms with Gasteiger partial charge in [0.05, 0.1) is 23.8 Å². The van der Waals surface area contributed by atoms with Gasteiger partial charge in [-0.25, -0.2) is 9.37 Å². The van der Waals surface area contributed by atoms with Crippen LogP contribution >= 0.6 is 11.3 Å². The zero-order chi connectivity index (χ0) is 20.7. The zero-order valence-corrected chi connectivity index (χ0v) is 16.9. The van der Waals surface area contributed by atoms with Gasteiger partial charge in [-0.2, -0.15) is 0 Å². The summed E-state index contributed by atoms with van der Waals surface area (Å²) in [6.07, 6.45) is 4.17. The molecular weight excluding hydrogens is 393 g/mol. The van der Waals surface area contributed by atoms with Crippen molar-refractivity contribution < 1.29 is 14.0 Å². The first kappa shape index (κ1) is 19.4. The average Bonchev–Trinajstić information content (AvgIpc) is 3.01. The Hall–Kier alpha value is -2.87. The molecule has 0 saturated heterocycles. The number of fused-ring (bicyclic) bond motifs is 3. The molecule has 0 radical (unpaired) electrons. The molecule has 1 amide bonds. The number of halogens is 1. The number of carbonyl (C=O) groups is 2. The second-order valence-electron chi connectivity index (χ2n) is 7.51. The summed E-state index contributed by atoms with van der Waals surface area (Å²) in [5, 5.41) is 3.06. The first-order valence-corrected chi connectivity index (χ1v) is 10.2. The van der Waals surface area contributed by atoms with Crippen molar-refractivity contribution in [1.29, 1.82) is 0 Å². The summed E-state index contributed by atoms with van der Waals surface area (Å²) in [6.45, 7) is 3.22. The van der Waals surface area contributed by atoms with Gasteiger partial charge in [-0.3, -0.25) is 19.0 Å². The fourth-order valence-corrected chi connectivity index (χ4v) is 5.08. The molecule has 0 bridgehead atoms. The Balaban J connectivity index is 1.64. The highest BCUT2D eigenvalue weighted by atomic mass is 32.1. The molecule has 0 saturated carbocycles. The van der Waals surface area contributed by atoms with Crippen LogP contribution in [-0.2, 0) is 24.2 Å². The molecule has 1 N–H and O–H groups in total. The lowest BCUT2D eigenvalue weighted by Gasteiger charge is -2.17. The van der Waals surface area contributed by atoms with E-state index in [1.807, 2.05) is 0 Å². The molecule has 0 aliphatic heterocycles. The van der Waals surface area contributed by atoms with Crippen molar-refractivity contribution in [2.75, 3.05) is 5.32 Å². The van der Waals surface area contributed by atoms with Crippen LogP contribution < -0.4 is 10.9 Å². The van der Waals surface area contributed by atoms with Gasteiger partial charge in [-0.05, 0) is 48.9 Å². The van der Waals surface area contributed by atoms with Gasteiger partial charge in [0.1, 0.15) is 10.6 Å². The summed E-state index contributed by atoms with van der Waals surface area (Å²) < 4.78 is 15.6. The number of hydrogen-bond donors (Lipinski definition) is 1. The quantitative estimate of drug-likeness (QED) is 0.663. The number of aromatic nitrogens is 2. The fraction of sp³-hybridized carbons (Fsp3) is 0.333. The topological polar surface area (TPSA) is 81.1 Å². The molecule has 1 aliphatic rings. The second kappa shape index (κ2) is 7.51. The van der Waals surface area contributed by atoms with Crippen molar-refractivity contribution in [3.8, 4) is 0 Å². The molecule has 1 atom stereocenters. The predicted octanol–water partition coefficient (Wildman–Crippen LogP) is 3.56. The minimum Gasteiger partial charge on any atom is -0.326 e. The fourth-order valence-electron chi connectivity index (χ4n) is 3.74. The summed E-state index contributed by atoms with van der Waals surface area (Å²) in [6, 6.07) is 3.86. The van der Waals surface area contributed by atoms with E-state index >= 15 is 0 Å². The van der Waals surface area contributed by atoms with Crippen molar-refractivity contribution in [3.63, 3.8) is 0 Å². The van der Waals surface area contributed by atoms with Crippen LogP contribution in [0.3, 0.4) is 0 Å². The standard InChI is InChI=1S/C21H20FN3O3S/c1-11-3-5-15-18(7-11)29-20-19(15)21(28)25(10-23-20)9-17(27)14-6-4-13(8-16(14)22)24-12(2)26/h4,6,8,10-11H,3,5,7,9H2,1-2H3,(H,24,26)/t11-/m1/s1. The Morgan fingerprint density at radius 2 is 2.17 bits per heavy atom. The van der Waals surface area contributed by atoms with Gasteiger partial charge >= 0.3 is 0 Å². The van der Waals surface area contributed by atoms with Crippen LogP contribution in [0.15, 0.2) is 29.3 Å². The molecule has 3 aromatic rings. The minimum absolute atomic E-state index is 0.132. The van der Waals surface area contributed by atoms with Crippen LogP contribution in [0.5, 0.6) is 0 Å². The Kier molecular flexibility index (Phi) is 5.04. The summed E-state index contributed by atoms with van der Waals surface area (Å²) in [5.74, 6) is -1.02. The summed E-state index contributed by atoms with van der Waals surface area (Å²) in [4.78, 5) is 43.0. The Labute approximate surface area is 170 Å². The third kappa shape index (κ3) is 3.72. The Bertz CT molecular complexity index is 1200. The molecule has 29 heavy (non-hydrogen) atoms. The van der Waals surface area contributed by atoms with E-state index in [9.17, 15) is 18.8 Å². The molecular formula is C21H20FN3O3S. The number of nitrogens with one attached hydrogen (secondary N) is 1. The number of amides is 1. The number of benzene rings is 1. The molecule has 2 aromatic heterocycles. The maximum atomic E-state index is 14.3. The number of aryl methyl sites for hydroxylation is 1. The summed E-state index contributed by atoms with van der Waals surface area (Å²) in [5.41, 5.74) is 0.928. The van der Waals surface area contributed by atoms with Crippen LogP contribution in [0.2, 0.25) is 0 Å². The molecule has 8 heteroatoms. The number of anilines is 1. The van der Waals surface area contributed by atoms with Crippen LogP contribution in [0, 0.1) is 11.7 Å². The van der Waals surface area contributed by atoms with Crippen molar-refractivity contribution in [3.05, 3.63) is 56.7 Å². The maximum Gasteiger partial charge on any atom is 0.262 e. The highest BCUT2D eigenvalue weighted by Gasteiger charge is 2.24. The van der Waals surface area contributed by atoms with Gasteiger partial charge in [-0.1, -0.05) is 6.92 Å². The lowest BCUT2D eigenvalue weighted by Crippen LogP contribution is -2.25. The van der Waals surface area contributed by atoms with Crippen molar-refractivity contribution in [1.82, 2.24) is 9.55 Å². The molecule has 2 heterocycles. The van der Waals surface area contributed by atoms with Crippen molar-refractivity contribution >= 4 is 38.9 Å². The number of carbonyl (C=O) groups excluding carboxylic acids is 2. The first-order valence-electron chi connectivity index (χ1n) is 9.43. The average molecular weight is 413 g/mol. The molecule has 0 spiro atoms. The summed E-state index contributed by atoms with van der Waals surface area (Å²) >= 11 is 1.55. The number of nitrogens with zero attached hydrogens (tertiary/aromatic N) is 2. The SMILES string of the molecule is CC(=O)Nc1ccc(C(=O)Cn2cnc3sc4c(c3c2=O)CC[C@@H](C)C4)c(F)c1. The zero-order valence-electron chi connectivity index (χ0n) is 16.1. The Morgan fingerprint density at radius 1 is 1.38 bits per heavy atom. The maximum absolute atomic E-state index is 14.3. The van der Waals surface area contributed by atoms with Crippen molar-refractivity contribution in [2.45, 2.75) is 39.7 Å². The number of rotatable bonds is 4. The van der Waals surface area contributed by atoms with E-state index in [1.54, 1.807) is 11.3 Å². The molecule has 0 unspecified atom stereocenters. The molecule has 6 nitrogen and oxygen atoms in total. The van der Waals surface area contributed by atoms with Crippen molar-refractivity contribution in [2.24, 2.45) is 5.92 Å². The van der Waals surface area contributed by atoms with E-state index in [2.05, 4.69) is 17.2 Å². The monoisotopic (exact) mass is 413 g/mol. The van der Waals surface area contributed by atoms with Crippen LogP contribution in [-0.4, -0.2) is 21.2 Å². The largest absolute Gasteiger partial charge is 0.326 e. The smallest absolute Gasteiger partial charge is 0.262 e. The van der Waals surface area contributed by atoms with E-state index in [4.69, 9.17) is 0 Å². The van der Waals surface area contributed by atoms with E-state index in [-0.39, 0.29) is 29.3 Å². The molecule has 4 rings (SSSR count). The van der Waals surface area contributed by atoms with E-state index < -0.39 is 11.6 Å². The lowest BCUT2D eigenvalue weighted by atomic mass is 9.89. The Morgan fingerprint density at radius 3 is 2.90 bits per heavy atom. The van der Waals surface area contributed by atoms with Crippen LogP contribution in [0.25, 0.3) is 10.2 Å². The molecule has 1 aromatic carbocycles. The third-order valence-corrected chi connectivity index (χ3v) is 6.35.